The third-order valence-electron chi connectivity index (χ3n) is 2.85. The number of hydrogen-bond acceptors (Lipinski definition) is 8. The molecular weight excluding hydrogens is 242 g/mol. The monoisotopic (exact) mass is 255 g/mol. The van der Waals surface area contributed by atoms with Crippen LogP contribution in [0.2, 0.25) is 0 Å². The van der Waals surface area contributed by atoms with Gasteiger partial charge in [0.2, 0.25) is 5.95 Å². The summed E-state index contributed by atoms with van der Waals surface area (Å²) in [6, 6.07) is 0. The number of aliphatic hydroxyl groups excluding tert-OH is 1. The minimum absolute atomic E-state index is 0.0464. The van der Waals surface area contributed by atoms with Crippen molar-refractivity contribution in [1.82, 2.24) is 9.97 Å². The van der Waals surface area contributed by atoms with E-state index in [4.69, 9.17) is 20.3 Å². The van der Waals surface area contributed by atoms with Crippen LogP contribution >= 0.6 is 0 Å². The van der Waals surface area contributed by atoms with Crippen LogP contribution in [-0.2, 0) is 9.47 Å². The maximum absolute atomic E-state index is 11.6. The number of anilines is 3. The van der Waals surface area contributed by atoms with Crippen molar-refractivity contribution in [2.24, 2.45) is 0 Å². The van der Waals surface area contributed by atoms with E-state index in [1.807, 2.05) is 0 Å². The van der Waals surface area contributed by atoms with Crippen molar-refractivity contribution in [3.05, 3.63) is 10.4 Å². The molecule has 5 N–H and O–H groups in total. The molecule has 3 heterocycles. The first-order valence-electron chi connectivity index (χ1n) is 5.47. The van der Waals surface area contributed by atoms with Crippen LogP contribution in [0.1, 0.15) is 0 Å². The van der Waals surface area contributed by atoms with E-state index >= 15 is 0 Å². The van der Waals surface area contributed by atoms with Crippen LogP contribution in [0.5, 0.6) is 0 Å². The molecule has 98 valence electrons. The molecule has 0 radical (unpaired) electrons. The van der Waals surface area contributed by atoms with Gasteiger partial charge in [0.05, 0.1) is 19.9 Å². The zero-order valence-electron chi connectivity index (χ0n) is 9.42. The molecule has 0 spiro atoms. The van der Waals surface area contributed by atoms with E-state index in [0.717, 1.165) is 0 Å². The summed E-state index contributed by atoms with van der Waals surface area (Å²) in [4.78, 5) is 19.9. The Hall–Kier alpha value is -1.84. The average Bonchev–Trinajstić information content (AvgIpc) is 2.93. The number of nitrogens with two attached hydrogens (primary N) is 1. The number of H-pyrrole nitrogens is 1. The fraction of sp³-hybridized carbons (Fsp3) is 0.556. The number of nitrogens with one attached hydrogen (secondary N) is 2. The molecule has 9 nitrogen and oxygen atoms in total. The zero-order valence-corrected chi connectivity index (χ0v) is 9.42. The molecule has 2 atom stereocenters. The van der Waals surface area contributed by atoms with Gasteiger partial charge in [0.1, 0.15) is 5.69 Å². The van der Waals surface area contributed by atoms with Crippen LogP contribution < -0.4 is 21.5 Å². The van der Waals surface area contributed by atoms with E-state index in [1.54, 1.807) is 4.90 Å². The molecule has 2 aliphatic rings. The molecule has 18 heavy (non-hydrogen) atoms. The average molecular weight is 255 g/mol. The van der Waals surface area contributed by atoms with Crippen LogP contribution in [0.25, 0.3) is 0 Å². The Morgan fingerprint density at radius 3 is 3.17 bits per heavy atom. The fourth-order valence-electron chi connectivity index (χ4n) is 2.03. The van der Waals surface area contributed by atoms with Crippen LogP contribution in [0.4, 0.5) is 17.5 Å². The molecule has 9 heteroatoms. The third-order valence-corrected chi connectivity index (χ3v) is 2.85. The summed E-state index contributed by atoms with van der Waals surface area (Å²) in [5, 5.41) is 11.9. The van der Waals surface area contributed by atoms with Gasteiger partial charge in [-0.3, -0.25) is 9.78 Å². The second-order valence-electron chi connectivity index (χ2n) is 3.99. The van der Waals surface area contributed by atoms with Gasteiger partial charge in [-0.25, -0.2) is 0 Å². The van der Waals surface area contributed by atoms with Crippen LogP contribution in [0, 0.1) is 0 Å². The lowest BCUT2D eigenvalue weighted by Crippen LogP contribution is -2.37. The lowest BCUT2D eigenvalue weighted by molar-refractivity contribution is -0.0874. The maximum Gasteiger partial charge on any atom is 0.277 e. The topological polar surface area (TPSA) is 126 Å². The zero-order chi connectivity index (χ0) is 12.7. The van der Waals surface area contributed by atoms with Crippen molar-refractivity contribution in [2.75, 3.05) is 35.8 Å². The largest absolute Gasteiger partial charge is 0.391 e. The highest BCUT2D eigenvalue weighted by Gasteiger charge is 2.36. The van der Waals surface area contributed by atoms with E-state index in [1.165, 1.54) is 0 Å². The Kier molecular flexibility index (Phi) is 2.58. The van der Waals surface area contributed by atoms with E-state index in [-0.39, 0.29) is 18.1 Å². The van der Waals surface area contributed by atoms with Crippen LogP contribution in [0.15, 0.2) is 4.79 Å². The molecule has 0 aliphatic carbocycles. The highest BCUT2D eigenvalue weighted by molar-refractivity contribution is 5.70. The first-order chi connectivity index (χ1) is 8.69. The summed E-state index contributed by atoms with van der Waals surface area (Å²) in [7, 11) is 0. The first kappa shape index (κ1) is 11.3. The molecule has 0 amide bonds. The minimum atomic E-state index is -0.640. The summed E-state index contributed by atoms with van der Waals surface area (Å²) in [6.07, 6.45) is -1.04. The number of aromatic nitrogens is 2. The first-order valence-corrected chi connectivity index (χ1v) is 5.47. The minimum Gasteiger partial charge on any atom is -0.391 e. The molecule has 3 rings (SSSR count). The second-order valence-corrected chi connectivity index (χ2v) is 3.99. The highest BCUT2D eigenvalue weighted by atomic mass is 16.7. The Morgan fingerprint density at radius 2 is 2.44 bits per heavy atom. The van der Waals surface area contributed by atoms with Gasteiger partial charge in [-0.1, -0.05) is 0 Å². The van der Waals surface area contributed by atoms with Gasteiger partial charge in [0.25, 0.3) is 5.56 Å². The summed E-state index contributed by atoms with van der Waals surface area (Å²) < 4.78 is 10.7. The molecule has 1 saturated heterocycles. The van der Waals surface area contributed by atoms with E-state index in [2.05, 4.69) is 15.3 Å². The number of ether oxygens (including phenoxy) is 2. The molecular formula is C9H13N5O4. The number of aromatic amines is 1. The van der Waals surface area contributed by atoms with Crippen molar-refractivity contribution in [1.29, 1.82) is 0 Å². The molecule has 1 aromatic heterocycles. The quantitative estimate of drug-likeness (QED) is 0.489. The van der Waals surface area contributed by atoms with Crippen LogP contribution in [-0.4, -0.2) is 47.5 Å². The lowest BCUT2D eigenvalue weighted by atomic mass is 10.4. The smallest absolute Gasteiger partial charge is 0.277 e. The number of aliphatic hydroxyl groups is 1. The molecule has 1 unspecified atom stereocenters. The Labute approximate surface area is 102 Å². The maximum atomic E-state index is 11.6. The molecule has 0 bridgehead atoms. The van der Waals surface area contributed by atoms with E-state index < -0.39 is 12.5 Å². The molecule has 1 aromatic rings. The van der Waals surface area contributed by atoms with Gasteiger partial charge in [0, 0.05) is 0 Å². The second kappa shape index (κ2) is 4.12. The summed E-state index contributed by atoms with van der Waals surface area (Å²) in [6.45, 7) is 0.456. The Bertz CT molecular complexity index is 518. The fourth-order valence-corrected chi connectivity index (χ4v) is 2.03. The van der Waals surface area contributed by atoms with Gasteiger partial charge in [0.15, 0.2) is 18.3 Å². The Morgan fingerprint density at radius 1 is 1.61 bits per heavy atom. The molecule has 2 aliphatic heterocycles. The highest BCUT2D eigenvalue weighted by Crippen LogP contribution is 2.30. The van der Waals surface area contributed by atoms with Crippen molar-refractivity contribution in [3.63, 3.8) is 0 Å². The lowest BCUT2D eigenvalue weighted by Gasteiger charge is -2.22. The summed E-state index contributed by atoms with van der Waals surface area (Å²) in [5.41, 5.74) is 5.55. The van der Waals surface area contributed by atoms with Gasteiger partial charge < -0.3 is 30.5 Å². The van der Waals surface area contributed by atoms with Gasteiger partial charge in [-0.05, 0) is 0 Å². The van der Waals surface area contributed by atoms with Crippen molar-refractivity contribution < 1.29 is 14.6 Å². The summed E-state index contributed by atoms with van der Waals surface area (Å²) >= 11 is 0. The SMILES string of the molecule is Nc1nc2c(c(=O)[nH]1)NCN2C1CO[C@@H](CO)O1. The molecule has 0 aromatic carbocycles. The number of fused-ring (bicyclic) bond motifs is 1. The standard InChI is InChI=1S/C9H13N5O4/c10-9-12-7-6(8(16)13-9)11-3-14(7)4-2-17-5(1-15)18-4/h4-5,11,15H,1-3H2,(H3,10,12,13,16)/t4?,5-/m1/s1. The Balaban J connectivity index is 1.89. The van der Waals surface area contributed by atoms with Crippen molar-refractivity contribution in [2.45, 2.75) is 12.5 Å². The third kappa shape index (κ3) is 1.68. The number of nitrogen functional groups attached to an aromatic ring is 1. The predicted molar refractivity (Wildman–Crippen MR) is 61.9 cm³/mol. The van der Waals surface area contributed by atoms with Crippen molar-refractivity contribution >= 4 is 17.5 Å². The molecule has 0 saturated carbocycles. The van der Waals surface area contributed by atoms with Gasteiger partial charge in [-0.15, -0.1) is 0 Å². The molecule has 1 fully saturated rings. The van der Waals surface area contributed by atoms with Crippen LogP contribution in [0.3, 0.4) is 0 Å². The number of hydrogen-bond donors (Lipinski definition) is 4. The van der Waals surface area contributed by atoms with Gasteiger partial charge in [-0.2, -0.15) is 4.98 Å². The normalized spacial score (nSPS) is 26.2. The van der Waals surface area contributed by atoms with Gasteiger partial charge >= 0.3 is 0 Å². The van der Waals surface area contributed by atoms with E-state index in [9.17, 15) is 4.79 Å². The predicted octanol–water partition coefficient (Wildman–Crippen LogP) is -1.77. The number of nitrogens with zero attached hydrogens (tertiary/aromatic N) is 2. The summed E-state index contributed by atoms with van der Waals surface area (Å²) in [5.74, 6) is 0.480. The van der Waals surface area contributed by atoms with E-state index in [0.29, 0.717) is 24.8 Å². The van der Waals surface area contributed by atoms with Crippen molar-refractivity contribution in [3.8, 4) is 0 Å². The number of rotatable bonds is 2.